The number of rotatable bonds is 6. The van der Waals surface area contributed by atoms with Crippen molar-refractivity contribution in [3.63, 3.8) is 0 Å². The molecule has 1 amide bonds. The third-order valence-corrected chi connectivity index (χ3v) is 5.18. The number of piperidine rings is 3. The average molecular weight is 322 g/mol. The number of carbonyl (C=O) groups excluding carboxylic acids is 1. The molecule has 0 radical (unpaired) electrons. The second-order valence-corrected chi connectivity index (χ2v) is 7.27. The summed E-state index contributed by atoms with van der Waals surface area (Å²) < 4.78 is 1.90. The monoisotopic (exact) mass is 322 g/mol. The smallest absolute Gasteiger partial charge is 0.229 e. The number of quaternary nitrogens is 1. The van der Waals surface area contributed by atoms with E-state index in [1.807, 2.05) is 24.7 Å². The van der Waals surface area contributed by atoms with Crippen LogP contribution in [0.4, 0.5) is 0 Å². The summed E-state index contributed by atoms with van der Waals surface area (Å²) in [6.07, 6.45) is 4.72. The van der Waals surface area contributed by atoms with Crippen molar-refractivity contribution >= 4 is 5.91 Å². The molecule has 128 valence electrons. The molecule has 1 aromatic heterocycles. The van der Waals surface area contributed by atoms with Crippen molar-refractivity contribution in [1.29, 1.82) is 0 Å². The van der Waals surface area contributed by atoms with Crippen LogP contribution in [0.3, 0.4) is 0 Å². The number of nitrogens with one attached hydrogen (secondary N) is 2. The molecule has 23 heavy (non-hydrogen) atoms. The number of fused-ring (bicyclic) bond motifs is 3. The van der Waals surface area contributed by atoms with E-state index in [1.165, 1.54) is 4.90 Å². The van der Waals surface area contributed by atoms with Gasteiger partial charge in [-0.15, -0.1) is 5.10 Å². The van der Waals surface area contributed by atoms with E-state index >= 15 is 0 Å². The van der Waals surface area contributed by atoms with E-state index in [1.54, 1.807) is 0 Å². The Hall–Kier alpha value is -1.47. The zero-order valence-electron chi connectivity index (χ0n) is 14.0. The Bertz CT molecular complexity index is 544. The zero-order chi connectivity index (χ0) is 16.4. The van der Waals surface area contributed by atoms with Gasteiger partial charge in [0, 0.05) is 38.1 Å². The largest absolute Gasteiger partial charge is 0.396 e. The molecule has 7 nitrogen and oxygen atoms in total. The molecule has 7 heteroatoms. The number of aromatic nitrogens is 3. The number of aliphatic hydroxyl groups excluding tert-OH is 1. The lowest BCUT2D eigenvalue weighted by atomic mass is 9.75. The molecule has 3 fully saturated rings. The highest BCUT2D eigenvalue weighted by Crippen LogP contribution is 2.27. The molecule has 3 N–H and O–H groups in total. The molecule has 3 aliphatic heterocycles. The van der Waals surface area contributed by atoms with Crippen LogP contribution < -0.4 is 10.2 Å². The maximum Gasteiger partial charge on any atom is 0.229 e. The number of amides is 1. The van der Waals surface area contributed by atoms with E-state index in [4.69, 9.17) is 5.11 Å². The Balaban J connectivity index is 1.59. The molecule has 0 aromatic carbocycles. The number of carbonyl (C=O) groups is 1. The molecule has 3 aliphatic rings. The summed E-state index contributed by atoms with van der Waals surface area (Å²) in [4.78, 5) is 13.9. The van der Waals surface area contributed by atoms with Gasteiger partial charge in [0.1, 0.15) is 6.04 Å². The van der Waals surface area contributed by atoms with Crippen LogP contribution >= 0.6 is 0 Å². The zero-order valence-corrected chi connectivity index (χ0v) is 14.0. The van der Waals surface area contributed by atoms with Gasteiger partial charge in [0.15, 0.2) is 0 Å². The van der Waals surface area contributed by atoms with Gasteiger partial charge in [-0.25, -0.2) is 4.68 Å². The Morgan fingerprint density at radius 3 is 3.04 bits per heavy atom. The van der Waals surface area contributed by atoms with Crippen LogP contribution in [-0.2, 0) is 17.8 Å². The van der Waals surface area contributed by atoms with Crippen LogP contribution in [0.25, 0.3) is 0 Å². The molecule has 0 spiro atoms. The predicted molar refractivity (Wildman–Crippen MR) is 84.8 cm³/mol. The normalized spacial score (nSPS) is 29.9. The van der Waals surface area contributed by atoms with Crippen LogP contribution in [-0.4, -0.2) is 57.8 Å². The summed E-state index contributed by atoms with van der Waals surface area (Å²) in [6, 6.07) is 0.726. The predicted octanol–water partition coefficient (Wildman–Crippen LogP) is -1.37. The summed E-state index contributed by atoms with van der Waals surface area (Å²) in [5.41, 5.74) is 0.840. The Morgan fingerprint density at radius 1 is 1.57 bits per heavy atom. The second-order valence-electron chi connectivity index (χ2n) is 7.27. The molecule has 0 saturated carbocycles. The van der Waals surface area contributed by atoms with Gasteiger partial charge in [0.2, 0.25) is 5.91 Å². The van der Waals surface area contributed by atoms with E-state index in [0.717, 1.165) is 38.2 Å². The molecule has 4 heterocycles. The van der Waals surface area contributed by atoms with E-state index < -0.39 is 0 Å². The first-order valence-electron chi connectivity index (χ1n) is 8.71. The molecule has 1 aromatic rings. The lowest BCUT2D eigenvalue weighted by molar-refractivity contribution is -0.945. The Labute approximate surface area is 137 Å². The highest BCUT2D eigenvalue weighted by Gasteiger charge is 2.46. The molecular weight excluding hydrogens is 294 g/mol. The molecular formula is C16H28N5O2+. The van der Waals surface area contributed by atoms with Crippen molar-refractivity contribution < 1.29 is 14.8 Å². The van der Waals surface area contributed by atoms with Crippen molar-refractivity contribution in [2.24, 2.45) is 11.8 Å². The minimum absolute atomic E-state index is 0.105. The maximum absolute atomic E-state index is 12.4. The molecule has 0 aliphatic carbocycles. The van der Waals surface area contributed by atoms with E-state index in [9.17, 15) is 4.79 Å². The van der Waals surface area contributed by atoms with Crippen LogP contribution in [0.15, 0.2) is 6.20 Å². The van der Waals surface area contributed by atoms with E-state index in [-0.39, 0.29) is 24.5 Å². The van der Waals surface area contributed by atoms with Gasteiger partial charge in [0.05, 0.1) is 31.2 Å². The van der Waals surface area contributed by atoms with Gasteiger partial charge < -0.3 is 15.3 Å². The lowest BCUT2D eigenvalue weighted by Gasteiger charge is -2.46. The van der Waals surface area contributed by atoms with Crippen molar-refractivity contribution in [2.45, 2.75) is 51.7 Å². The summed E-state index contributed by atoms with van der Waals surface area (Å²) in [7, 11) is 0. The average Bonchev–Trinajstić information content (AvgIpc) is 2.95. The maximum atomic E-state index is 12.4. The number of hydrogen-bond acceptors (Lipinski definition) is 4. The first-order chi connectivity index (χ1) is 11.1. The van der Waals surface area contributed by atoms with Gasteiger partial charge in [0.25, 0.3) is 0 Å². The fourth-order valence-electron chi connectivity index (χ4n) is 4.09. The number of hydrogen-bond donors (Lipinski definition) is 3. The fraction of sp³-hybridized carbons (Fsp3) is 0.812. The third kappa shape index (κ3) is 3.72. The highest BCUT2D eigenvalue weighted by molar-refractivity contribution is 5.79. The van der Waals surface area contributed by atoms with E-state index in [0.29, 0.717) is 18.4 Å². The standard InChI is InChI=1S/C16H27N5O2/c1-11(2)17-16(23)15-10-20-5-3-12(15)7-14(20)9-21-8-13(4-6-22)18-19-21/h8,11-12,14-15,22H,3-7,9-10H2,1-2H3,(H,17,23)/p+1/t12-,14-,15+/m1/s1. The Kier molecular flexibility index (Phi) is 4.96. The van der Waals surface area contributed by atoms with Crippen molar-refractivity contribution in [3.05, 3.63) is 11.9 Å². The van der Waals surface area contributed by atoms with Crippen LogP contribution in [0, 0.1) is 11.8 Å². The number of nitrogens with zero attached hydrogens (tertiary/aromatic N) is 3. The van der Waals surface area contributed by atoms with Gasteiger partial charge in [-0.05, 0) is 19.8 Å². The summed E-state index contributed by atoms with van der Waals surface area (Å²) in [6.45, 7) is 7.08. The summed E-state index contributed by atoms with van der Waals surface area (Å²) >= 11 is 0. The van der Waals surface area contributed by atoms with Crippen molar-refractivity contribution in [2.75, 3.05) is 19.7 Å². The van der Waals surface area contributed by atoms with Crippen LogP contribution in [0.5, 0.6) is 0 Å². The minimum atomic E-state index is 0.105. The number of aliphatic hydroxyl groups is 1. The second kappa shape index (κ2) is 6.97. The third-order valence-electron chi connectivity index (χ3n) is 5.18. The van der Waals surface area contributed by atoms with Crippen LogP contribution in [0.2, 0.25) is 0 Å². The summed E-state index contributed by atoms with van der Waals surface area (Å²) in [5, 5.41) is 20.3. The molecule has 2 bridgehead atoms. The van der Waals surface area contributed by atoms with Gasteiger partial charge in [-0.1, -0.05) is 5.21 Å². The first-order valence-corrected chi connectivity index (χ1v) is 8.71. The first kappa shape index (κ1) is 16.4. The fourth-order valence-corrected chi connectivity index (χ4v) is 4.09. The van der Waals surface area contributed by atoms with E-state index in [2.05, 4.69) is 15.6 Å². The SMILES string of the molecule is CC(C)NC(=O)[C@H]1C[NH+]2CC[C@@H]1C[C@@H]2Cn1cc(CCO)nn1. The summed E-state index contributed by atoms with van der Waals surface area (Å²) in [5.74, 6) is 0.890. The quantitative estimate of drug-likeness (QED) is 0.603. The molecule has 4 atom stereocenters. The molecule has 1 unspecified atom stereocenters. The molecule has 4 rings (SSSR count). The van der Waals surface area contributed by atoms with Gasteiger partial charge in [-0.2, -0.15) is 0 Å². The minimum Gasteiger partial charge on any atom is -0.396 e. The van der Waals surface area contributed by atoms with Crippen molar-refractivity contribution in [3.8, 4) is 0 Å². The van der Waals surface area contributed by atoms with Gasteiger partial charge >= 0.3 is 0 Å². The van der Waals surface area contributed by atoms with Crippen LogP contribution in [0.1, 0.15) is 32.4 Å². The highest BCUT2D eigenvalue weighted by atomic mass is 16.3. The topological polar surface area (TPSA) is 84.5 Å². The molecule has 3 saturated heterocycles. The van der Waals surface area contributed by atoms with Crippen molar-refractivity contribution in [1.82, 2.24) is 20.3 Å². The lowest BCUT2D eigenvalue weighted by Crippen LogP contribution is -3.20. The Morgan fingerprint density at radius 2 is 2.39 bits per heavy atom. The van der Waals surface area contributed by atoms with Gasteiger partial charge in [-0.3, -0.25) is 4.79 Å².